The summed E-state index contributed by atoms with van der Waals surface area (Å²) in [5.74, 6) is 0.176. The predicted octanol–water partition coefficient (Wildman–Crippen LogP) is 0.112. The number of piperidine rings is 1. The largest absolute Gasteiger partial charge is 0.353 e. The van der Waals surface area contributed by atoms with E-state index in [2.05, 4.69) is 10.6 Å². The van der Waals surface area contributed by atoms with Crippen molar-refractivity contribution < 1.29 is 9.59 Å². The number of rotatable bonds is 4. The van der Waals surface area contributed by atoms with E-state index >= 15 is 0 Å². The Bertz CT molecular complexity index is 271. The zero-order valence-corrected chi connectivity index (χ0v) is 11.0. The molecule has 0 saturated carbocycles. The highest BCUT2D eigenvalue weighted by molar-refractivity contribution is 5.78. The lowest BCUT2D eigenvalue weighted by molar-refractivity contribution is -0.130. The molecule has 0 aromatic heterocycles. The lowest BCUT2D eigenvalue weighted by Gasteiger charge is -2.31. The van der Waals surface area contributed by atoms with E-state index in [1.807, 2.05) is 18.7 Å². The van der Waals surface area contributed by atoms with Crippen LogP contribution in [-0.4, -0.2) is 48.4 Å². The van der Waals surface area contributed by atoms with Gasteiger partial charge in [0, 0.05) is 32.1 Å². The van der Waals surface area contributed by atoms with Crippen LogP contribution in [0.4, 0.5) is 0 Å². The minimum absolute atomic E-state index is 0.0361. The fraction of sp³-hybridized carbons (Fsp3) is 0.833. The second kappa shape index (κ2) is 6.59. The summed E-state index contributed by atoms with van der Waals surface area (Å²) in [6.07, 6.45) is 1.85. The molecule has 1 rings (SSSR count). The number of amides is 2. The van der Waals surface area contributed by atoms with E-state index in [9.17, 15) is 9.59 Å². The lowest BCUT2D eigenvalue weighted by Crippen LogP contribution is -2.47. The summed E-state index contributed by atoms with van der Waals surface area (Å²) in [6.45, 7) is 7.44. The van der Waals surface area contributed by atoms with Gasteiger partial charge in [-0.05, 0) is 26.7 Å². The minimum Gasteiger partial charge on any atom is -0.353 e. The fourth-order valence-corrected chi connectivity index (χ4v) is 2.01. The topological polar surface area (TPSA) is 61.4 Å². The van der Waals surface area contributed by atoms with Gasteiger partial charge in [-0.15, -0.1) is 0 Å². The number of hydrogen-bond acceptors (Lipinski definition) is 3. The fourth-order valence-electron chi connectivity index (χ4n) is 2.01. The smallest absolute Gasteiger partial charge is 0.234 e. The van der Waals surface area contributed by atoms with Crippen LogP contribution in [0.15, 0.2) is 0 Å². The molecule has 1 heterocycles. The molecule has 0 unspecified atom stereocenters. The summed E-state index contributed by atoms with van der Waals surface area (Å²) < 4.78 is 0. The molecule has 2 amide bonds. The lowest BCUT2D eigenvalue weighted by atomic mass is 10.1. The van der Waals surface area contributed by atoms with E-state index in [4.69, 9.17) is 0 Å². The van der Waals surface area contributed by atoms with Crippen LogP contribution in [0, 0.1) is 0 Å². The van der Waals surface area contributed by atoms with Crippen LogP contribution < -0.4 is 10.6 Å². The first kappa shape index (κ1) is 14.0. The van der Waals surface area contributed by atoms with E-state index < -0.39 is 0 Å². The van der Waals surface area contributed by atoms with Gasteiger partial charge in [0.1, 0.15) is 0 Å². The number of hydrogen-bond donors (Lipinski definition) is 2. The first-order valence-corrected chi connectivity index (χ1v) is 6.27. The van der Waals surface area contributed by atoms with Gasteiger partial charge in [-0.2, -0.15) is 0 Å². The van der Waals surface area contributed by atoms with Crippen LogP contribution in [0.1, 0.15) is 33.6 Å². The van der Waals surface area contributed by atoms with Crippen molar-refractivity contribution in [1.29, 1.82) is 0 Å². The Kier molecular flexibility index (Phi) is 5.41. The quantitative estimate of drug-likeness (QED) is 0.734. The number of nitrogens with one attached hydrogen (secondary N) is 2. The van der Waals surface area contributed by atoms with Crippen molar-refractivity contribution >= 4 is 11.8 Å². The molecule has 0 aliphatic carbocycles. The standard InChI is InChI=1S/C12H23N3O2/c1-9(2)14-12(17)8-13-11-4-6-15(7-5-11)10(3)16/h9,11,13H,4-8H2,1-3H3,(H,14,17). The van der Waals surface area contributed by atoms with Crippen molar-refractivity contribution in [3.63, 3.8) is 0 Å². The van der Waals surface area contributed by atoms with E-state index in [1.165, 1.54) is 0 Å². The summed E-state index contributed by atoms with van der Waals surface area (Å²) >= 11 is 0. The van der Waals surface area contributed by atoms with Crippen molar-refractivity contribution in [2.24, 2.45) is 0 Å². The van der Waals surface area contributed by atoms with E-state index in [-0.39, 0.29) is 17.9 Å². The van der Waals surface area contributed by atoms with Crippen LogP contribution in [0.25, 0.3) is 0 Å². The van der Waals surface area contributed by atoms with E-state index in [1.54, 1.807) is 6.92 Å². The van der Waals surface area contributed by atoms with Gasteiger partial charge in [-0.1, -0.05) is 0 Å². The molecule has 0 aromatic carbocycles. The maximum absolute atomic E-state index is 11.4. The highest BCUT2D eigenvalue weighted by Gasteiger charge is 2.20. The minimum atomic E-state index is 0.0361. The molecule has 0 atom stereocenters. The summed E-state index contributed by atoms with van der Waals surface area (Å²) in [4.78, 5) is 24.4. The molecule has 1 fully saturated rings. The first-order chi connectivity index (χ1) is 7.99. The number of carbonyl (C=O) groups is 2. The second-order valence-corrected chi connectivity index (χ2v) is 4.88. The Labute approximate surface area is 103 Å². The van der Waals surface area contributed by atoms with E-state index in [0.29, 0.717) is 12.6 Å². The molecule has 0 spiro atoms. The highest BCUT2D eigenvalue weighted by atomic mass is 16.2. The average molecular weight is 241 g/mol. The summed E-state index contributed by atoms with van der Waals surface area (Å²) in [5, 5.41) is 6.08. The van der Waals surface area contributed by atoms with Gasteiger partial charge in [0.2, 0.25) is 11.8 Å². The molecule has 98 valence electrons. The Morgan fingerprint density at radius 2 is 1.88 bits per heavy atom. The maximum atomic E-state index is 11.4. The Morgan fingerprint density at radius 1 is 1.29 bits per heavy atom. The van der Waals surface area contributed by atoms with Gasteiger partial charge in [0.15, 0.2) is 0 Å². The van der Waals surface area contributed by atoms with Crippen LogP contribution >= 0.6 is 0 Å². The molecular weight excluding hydrogens is 218 g/mol. The highest BCUT2D eigenvalue weighted by Crippen LogP contribution is 2.09. The van der Waals surface area contributed by atoms with Crippen LogP contribution in [-0.2, 0) is 9.59 Å². The predicted molar refractivity (Wildman–Crippen MR) is 66.6 cm³/mol. The van der Waals surface area contributed by atoms with E-state index in [0.717, 1.165) is 25.9 Å². The Hall–Kier alpha value is -1.10. The maximum Gasteiger partial charge on any atom is 0.234 e. The molecule has 0 aromatic rings. The first-order valence-electron chi connectivity index (χ1n) is 6.27. The van der Waals surface area contributed by atoms with Crippen LogP contribution in [0.5, 0.6) is 0 Å². The summed E-state index contributed by atoms with van der Waals surface area (Å²) in [6, 6.07) is 0.535. The van der Waals surface area contributed by atoms with Gasteiger partial charge in [-0.25, -0.2) is 0 Å². The molecule has 2 N–H and O–H groups in total. The molecule has 1 saturated heterocycles. The van der Waals surface area contributed by atoms with Gasteiger partial charge in [-0.3, -0.25) is 9.59 Å². The van der Waals surface area contributed by atoms with Gasteiger partial charge < -0.3 is 15.5 Å². The van der Waals surface area contributed by atoms with Crippen molar-refractivity contribution in [1.82, 2.24) is 15.5 Å². The Morgan fingerprint density at radius 3 is 2.35 bits per heavy atom. The zero-order chi connectivity index (χ0) is 12.8. The van der Waals surface area contributed by atoms with Crippen molar-refractivity contribution in [3.05, 3.63) is 0 Å². The molecular formula is C12H23N3O2. The third-order valence-corrected chi connectivity index (χ3v) is 2.94. The van der Waals surface area contributed by atoms with Crippen molar-refractivity contribution in [2.75, 3.05) is 19.6 Å². The van der Waals surface area contributed by atoms with Gasteiger partial charge >= 0.3 is 0 Å². The third kappa shape index (κ3) is 5.17. The summed E-state index contributed by atoms with van der Waals surface area (Å²) in [5.41, 5.74) is 0. The average Bonchev–Trinajstić information content (AvgIpc) is 2.26. The van der Waals surface area contributed by atoms with Crippen LogP contribution in [0.2, 0.25) is 0 Å². The Balaban J connectivity index is 2.18. The normalized spacial score (nSPS) is 17.3. The van der Waals surface area contributed by atoms with Crippen molar-refractivity contribution in [2.45, 2.75) is 45.7 Å². The molecule has 17 heavy (non-hydrogen) atoms. The molecule has 0 bridgehead atoms. The molecule has 0 radical (unpaired) electrons. The van der Waals surface area contributed by atoms with Gasteiger partial charge in [0.05, 0.1) is 6.54 Å². The second-order valence-electron chi connectivity index (χ2n) is 4.88. The van der Waals surface area contributed by atoms with Crippen molar-refractivity contribution in [3.8, 4) is 0 Å². The summed E-state index contributed by atoms with van der Waals surface area (Å²) in [7, 11) is 0. The zero-order valence-electron chi connectivity index (χ0n) is 11.0. The third-order valence-electron chi connectivity index (χ3n) is 2.94. The molecule has 1 aliphatic rings. The number of nitrogens with zero attached hydrogens (tertiary/aromatic N) is 1. The SMILES string of the molecule is CC(=O)N1CCC(NCC(=O)NC(C)C)CC1. The number of carbonyl (C=O) groups excluding carboxylic acids is 2. The van der Waals surface area contributed by atoms with Gasteiger partial charge in [0.25, 0.3) is 0 Å². The monoisotopic (exact) mass is 241 g/mol. The molecule has 1 aliphatic heterocycles. The molecule has 5 heteroatoms. The van der Waals surface area contributed by atoms with Crippen LogP contribution in [0.3, 0.4) is 0 Å². The molecule has 5 nitrogen and oxygen atoms in total. The number of likely N-dealkylation sites (tertiary alicyclic amines) is 1.